The Balaban J connectivity index is 1.53. The van der Waals surface area contributed by atoms with E-state index in [1.807, 2.05) is 12.1 Å². The molecule has 0 fully saturated rings. The van der Waals surface area contributed by atoms with E-state index in [1.54, 1.807) is 42.0 Å². The van der Waals surface area contributed by atoms with Gasteiger partial charge >= 0.3 is 5.97 Å². The van der Waals surface area contributed by atoms with E-state index in [4.69, 9.17) is 16.3 Å². The first kappa shape index (κ1) is 19.0. The number of benzene rings is 1. The van der Waals surface area contributed by atoms with Gasteiger partial charge in [-0.1, -0.05) is 11.6 Å². The van der Waals surface area contributed by atoms with Crippen LogP contribution in [0, 0.1) is 0 Å². The third kappa shape index (κ3) is 5.35. The summed E-state index contributed by atoms with van der Waals surface area (Å²) in [6, 6.07) is 10.4. The maximum absolute atomic E-state index is 12.1. The summed E-state index contributed by atoms with van der Waals surface area (Å²) >= 11 is 7.23. The molecule has 1 atom stereocenters. The van der Waals surface area contributed by atoms with E-state index in [1.165, 1.54) is 18.3 Å². The number of nitrogens with one attached hydrogen (secondary N) is 1. The van der Waals surface area contributed by atoms with Crippen LogP contribution in [0.3, 0.4) is 0 Å². The number of nitrogens with zero attached hydrogens (tertiary/aromatic N) is 2. The second-order valence-electron chi connectivity index (χ2n) is 5.69. The van der Waals surface area contributed by atoms with E-state index in [0.717, 1.165) is 10.6 Å². The molecule has 0 aliphatic rings. The first-order chi connectivity index (χ1) is 13.0. The van der Waals surface area contributed by atoms with Gasteiger partial charge in [-0.05, 0) is 43.3 Å². The Morgan fingerprint density at radius 3 is 2.74 bits per heavy atom. The molecule has 1 N–H and O–H groups in total. The SMILES string of the molecule is C[C@H](OC(=O)Cc1csc(-c2cccnc2)n1)C(=O)Nc1ccc(Cl)cc1. The lowest BCUT2D eigenvalue weighted by Crippen LogP contribution is -2.30. The number of rotatable bonds is 6. The van der Waals surface area contributed by atoms with Crippen molar-refractivity contribution in [3.63, 3.8) is 0 Å². The molecule has 0 aliphatic heterocycles. The highest BCUT2D eigenvalue weighted by Gasteiger charge is 2.19. The van der Waals surface area contributed by atoms with Crippen LogP contribution in [-0.2, 0) is 20.7 Å². The van der Waals surface area contributed by atoms with Crippen LogP contribution in [0.2, 0.25) is 5.02 Å². The van der Waals surface area contributed by atoms with Crippen molar-refractivity contribution in [1.29, 1.82) is 0 Å². The van der Waals surface area contributed by atoms with Gasteiger partial charge in [0, 0.05) is 34.0 Å². The zero-order chi connectivity index (χ0) is 19.2. The molecule has 1 amide bonds. The Labute approximate surface area is 165 Å². The van der Waals surface area contributed by atoms with Crippen LogP contribution in [0.1, 0.15) is 12.6 Å². The van der Waals surface area contributed by atoms with Gasteiger partial charge in [-0.3, -0.25) is 14.6 Å². The molecule has 2 aromatic heterocycles. The molecule has 3 aromatic rings. The summed E-state index contributed by atoms with van der Waals surface area (Å²) in [5, 5.41) is 5.81. The minimum Gasteiger partial charge on any atom is -0.452 e. The molecule has 0 saturated carbocycles. The van der Waals surface area contributed by atoms with Gasteiger partial charge in [-0.15, -0.1) is 11.3 Å². The summed E-state index contributed by atoms with van der Waals surface area (Å²) in [7, 11) is 0. The molecule has 0 spiro atoms. The molecule has 0 aliphatic carbocycles. The Kier molecular flexibility index (Phi) is 6.16. The molecular formula is C19H16ClN3O3S. The second-order valence-corrected chi connectivity index (χ2v) is 6.99. The fourth-order valence-electron chi connectivity index (χ4n) is 2.23. The third-order valence-electron chi connectivity index (χ3n) is 3.57. The summed E-state index contributed by atoms with van der Waals surface area (Å²) in [6.07, 6.45) is 2.47. The van der Waals surface area contributed by atoms with Crippen LogP contribution in [0.15, 0.2) is 54.2 Å². The van der Waals surface area contributed by atoms with E-state index < -0.39 is 18.0 Å². The monoisotopic (exact) mass is 401 g/mol. The molecule has 0 unspecified atom stereocenters. The van der Waals surface area contributed by atoms with Crippen molar-refractivity contribution < 1.29 is 14.3 Å². The van der Waals surface area contributed by atoms with Gasteiger partial charge in [-0.25, -0.2) is 4.98 Å². The zero-order valence-corrected chi connectivity index (χ0v) is 16.0. The predicted octanol–water partition coefficient (Wildman–Crippen LogP) is 3.97. The van der Waals surface area contributed by atoms with Gasteiger partial charge in [0.05, 0.1) is 12.1 Å². The standard InChI is InChI=1S/C19H16ClN3O3S/c1-12(18(25)22-15-6-4-14(20)5-7-15)26-17(24)9-16-11-27-19(23-16)13-3-2-8-21-10-13/h2-8,10-12H,9H2,1H3,(H,22,25)/t12-/m0/s1. The number of hydrogen-bond acceptors (Lipinski definition) is 6. The molecule has 27 heavy (non-hydrogen) atoms. The number of amides is 1. The number of thiazole rings is 1. The molecule has 0 saturated heterocycles. The van der Waals surface area contributed by atoms with E-state index >= 15 is 0 Å². The molecule has 0 radical (unpaired) electrons. The lowest BCUT2D eigenvalue weighted by Gasteiger charge is -2.13. The van der Waals surface area contributed by atoms with Gasteiger partial charge in [0.25, 0.3) is 5.91 Å². The topological polar surface area (TPSA) is 81.2 Å². The van der Waals surface area contributed by atoms with Crippen molar-refractivity contribution in [3.05, 3.63) is 64.9 Å². The lowest BCUT2D eigenvalue weighted by atomic mass is 10.3. The van der Waals surface area contributed by atoms with Gasteiger partial charge < -0.3 is 10.1 Å². The van der Waals surface area contributed by atoms with Crippen molar-refractivity contribution in [3.8, 4) is 10.6 Å². The molecule has 8 heteroatoms. The summed E-state index contributed by atoms with van der Waals surface area (Å²) in [5.74, 6) is -0.934. The lowest BCUT2D eigenvalue weighted by molar-refractivity contribution is -0.152. The van der Waals surface area contributed by atoms with Gasteiger partial charge in [-0.2, -0.15) is 0 Å². The fourth-order valence-corrected chi connectivity index (χ4v) is 3.16. The summed E-state index contributed by atoms with van der Waals surface area (Å²) < 4.78 is 5.20. The largest absolute Gasteiger partial charge is 0.452 e. The average Bonchev–Trinajstić information content (AvgIpc) is 3.12. The number of anilines is 1. The van der Waals surface area contributed by atoms with Crippen LogP contribution < -0.4 is 5.32 Å². The van der Waals surface area contributed by atoms with E-state index in [-0.39, 0.29) is 6.42 Å². The molecule has 3 rings (SSSR count). The first-order valence-electron chi connectivity index (χ1n) is 8.12. The molecule has 2 heterocycles. The van der Waals surface area contributed by atoms with Crippen molar-refractivity contribution in [1.82, 2.24) is 9.97 Å². The zero-order valence-electron chi connectivity index (χ0n) is 14.4. The number of hydrogen-bond donors (Lipinski definition) is 1. The van der Waals surface area contributed by atoms with Crippen LogP contribution >= 0.6 is 22.9 Å². The summed E-state index contributed by atoms with van der Waals surface area (Å²) in [4.78, 5) is 32.7. The van der Waals surface area contributed by atoms with Crippen molar-refractivity contribution in [2.24, 2.45) is 0 Å². The van der Waals surface area contributed by atoms with E-state index in [2.05, 4.69) is 15.3 Å². The maximum Gasteiger partial charge on any atom is 0.312 e. The van der Waals surface area contributed by atoms with Crippen LogP contribution in [0.25, 0.3) is 10.6 Å². The normalized spacial score (nSPS) is 11.6. The molecule has 1 aromatic carbocycles. The third-order valence-corrected chi connectivity index (χ3v) is 4.77. The summed E-state index contributed by atoms with van der Waals surface area (Å²) in [5.41, 5.74) is 2.06. The molecular weight excluding hydrogens is 386 g/mol. The minimum atomic E-state index is -0.926. The Morgan fingerprint density at radius 1 is 1.26 bits per heavy atom. The van der Waals surface area contributed by atoms with Crippen LogP contribution in [-0.4, -0.2) is 27.9 Å². The van der Waals surface area contributed by atoms with Gasteiger partial charge in [0.15, 0.2) is 6.10 Å². The van der Waals surface area contributed by atoms with Gasteiger partial charge in [0.1, 0.15) is 5.01 Å². The fraction of sp³-hybridized carbons (Fsp3) is 0.158. The number of halogens is 1. The predicted molar refractivity (Wildman–Crippen MR) is 105 cm³/mol. The number of carbonyl (C=O) groups is 2. The Bertz CT molecular complexity index is 929. The Morgan fingerprint density at radius 2 is 2.04 bits per heavy atom. The molecule has 0 bridgehead atoms. The summed E-state index contributed by atoms with van der Waals surface area (Å²) in [6.45, 7) is 1.52. The number of esters is 1. The first-order valence-corrected chi connectivity index (χ1v) is 9.38. The number of ether oxygens (including phenoxy) is 1. The number of carbonyl (C=O) groups excluding carboxylic acids is 2. The smallest absolute Gasteiger partial charge is 0.312 e. The maximum atomic E-state index is 12.1. The second kappa shape index (κ2) is 8.75. The number of pyridine rings is 1. The van der Waals surface area contributed by atoms with Crippen LogP contribution in [0.5, 0.6) is 0 Å². The molecule has 138 valence electrons. The van der Waals surface area contributed by atoms with Crippen molar-refractivity contribution in [2.45, 2.75) is 19.4 Å². The van der Waals surface area contributed by atoms with E-state index in [9.17, 15) is 9.59 Å². The quantitative estimate of drug-likeness (QED) is 0.632. The highest BCUT2D eigenvalue weighted by atomic mass is 35.5. The van der Waals surface area contributed by atoms with Crippen molar-refractivity contribution >= 4 is 40.5 Å². The number of aromatic nitrogens is 2. The molecule has 6 nitrogen and oxygen atoms in total. The van der Waals surface area contributed by atoms with Crippen LogP contribution in [0.4, 0.5) is 5.69 Å². The highest BCUT2D eigenvalue weighted by molar-refractivity contribution is 7.13. The average molecular weight is 402 g/mol. The van der Waals surface area contributed by atoms with Gasteiger partial charge in [0.2, 0.25) is 0 Å². The van der Waals surface area contributed by atoms with E-state index in [0.29, 0.717) is 16.4 Å². The van der Waals surface area contributed by atoms with Crippen molar-refractivity contribution in [2.75, 3.05) is 5.32 Å². The highest BCUT2D eigenvalue weighted by Crippen LogP contribution is 2.23. The Hall–Kier alpha value is -2.77. The minimum absolute atomic E-state index is 0.00464.